The lowest BCUT2D eigenvalue weighted by Gasteiger charge is -2.11. The number of nitrogens with zero attached hydrogens (tertiary/aromatic N) is 1. The highest BCUT2D eigenvalue weighted by molar-refractivity contribution is 14.1. The molecule has 0 radical (unpaired) electrons. The summed E-state index contributed by atoms with van der Waals surface area (Å²) in [6, 6.07) is 7.41. The first kappa shape index (κ1) is 21.6. The van der Waals surface area contributed by atoms with E-state index in [1.54, 1.807) is 12.1 Å². The predicted octanol–water partition coefficient (Wildman–Crippen LogP) is 4.09. The van der Waals surface area contributed by atoms with Gasteiger partial charge in [0.2, 0.25) is 0 Å². The highest BCUT2D eigenvalue weighted by Crippen LogP contribution is 2.33. The Morgan fingerprint density at radius 1 is 1.36 bits per heavy atom. The van der Waals surface area contributed by atoms with Gasteiger partial charge in [-0.3, -0.25) is 4.79 Å². The predicted molar refractivity (Wildman–Crippen MR) is 107 cm³/mol. The Morgan fingerprint density at radius 3 is 2.75 bits per heavy atom. The monoisotopic (exact) mass is 502 g/mol. The van der Waals surface area contributed by atoms with E-state index in [0.717, 1.165) is 18.2 Å². The highest BCUT2D eigenvalue weighted by Gasteiger charge is 2.30. The Kier molecular flexibility index (Phi) is 7.28. The highest BCUT2D eigenvalue weighted by atomic mass is 127. The first-order valence-electron chi connectivity index (χ1n) is 7.70. The van der Waals surface area contributed by atoms with Gasteiger partial charge in [0.15, 0.2) is 11.5 Å². The summed E-state index contributed by atoms with van der Waals surface area (Å²) in [6.45, 7) is 0.0762. The van der Waals surface area contributed by atoms with Crippen molar-refractivity contribution in [2.24, 2.45) is 5.10 Å². The Labute approximate surface area is 173 Å². The second-order valence-corrected chi connectivity index (χ2v) is 6.47. The summed E-state index contributed by atoms with van der Waals surface area (Å²) in [7, 11) is 1.46. The molecule has 0 heterocycles. The maximum Gasteiger partial charge on any atom is 0.416 e. The summed E-state index contributed by atoms with van der Waals surface area (Å²) in [6.07, 6.45) is 1.98. The summed E-state index contributed by atoms with van der Waals surface area (Å²) < 4.78 is 49.6. The number of hydrogen-bond donors (Lipinski definition) is 1. The van der Waals surface area contributed by atoms with Crippen molar-refractivity contribution in [2.45, 2.75) is 6.18 Å². The zero-order valence-corrected chi connectivity index (χ0v) is 16.7. The normalized spacial score (nSPS) is 11.1. The van der Waals surface area contributed by atoms with Crippen LogP contribution in [0.25, 0.3) is 0 Å². The summed E-state index contributed by atoms with van der Waals surface area (Å²) in [5.41, 5.74) is 1.71. The topological polar surface area (TPSA) is 59.9 Å². The molecule has 2 rings (SSSR count). The number of carbonyl (C=O) groups is 1. The van der Waals surface area contributed by atoms with Gasteiger partial charge in [0.05, 0.1) is 22.5 Å². The number of carbonyl (C=O) groups excluding carboxylic acids is 1. The largest absolute Gasteiger partial charge is 0.493 e. The zero-order valence-electron chi connectivity index (χ0n) is 14.5. The quantitative estimate of drug-likeness (QED) is 0.280. The number of hydrazone groups is 1. The minimum absolute atomic E-state index is 0.0762. The van der Waals surface area contributed by atoms with Crippen molar-refractivity contribution in [3.05, 3.63) is 56.7 Å². The molecule has 0 spiro atoms. The van der Waals surface area contributed by atoms with Crippen molar-refractivity contribution in [1.82, 2.24) is 5.43 Å². The molecule has 0 bridgehead atoms. The maximum absolute atomic E-state index is 12.7. The van der Waals surface area contributed by atoms with Crippen molar-refractivity contribution >= 4 is 34.7 Å². The van der Waals surface area contributed by atoms with E-state index in [9.17, 15) is 18.0 Å². The minimum Gasteiger partial charge on any atom is -0.493 e. The van der Waals surface area contributed by atoms with E-state index in [4.69, 9.17) is 15.9 Å². The molecule has 0 fully saturated rings. The van der Waals surface area contributed by atoms with Crippen LogP contribution >= 0.6 is 22.6 Å². The fraction of sp³-hybridized carbons (Fsp3) is 0.158. The molecule has 0 aliphatic carbocycles. The van der Waals surface area contributed by atoms with Crippen molar-refractivity contribution in [2.75, 3.05) is 13.7 Å². The molecule has 0 unspecified atom stereocenters. The average Bonchev–Trinajstić information content (AvgIpc) is 2.66. The molecule has 0 aliphatic rings. The molecule has 2 aromatic rings. The van der Waals surface area contributed by atoms with Gasteiger partial charge in [-0.2, -0.15) is 18.3 Å². The lowest BCUT2D eigenvalue weighted by Crippen LogP contribution is -2.18. The molecule has 28 heavy (non-hydrogen) atoms. The van der Waals surface area contributed by atoms with E-state index >= 15 is 0 Å². The lowest BCUT2D eigenvalue weighted by atomic mass is 10.1. The number of terminal acetylenes is 1. The van der Waals surface area contributed by atoms with Gasteiger partial charge in [-0.1, -0.05) is 12.0 Å². The molecule has 1 N–H and O–H groups in total. The Balaban J connectivity index is 2.13. The molecular formula is C19H14F3IN2O3. The van der Waals surface area contributed by atoms with Crippen LogP contribution in [0.3, 0.4) is 0 Å². The summed E-state index contributed by atoms with van der Waals surface area (Å²) in [5.74, 6) is 2.50. The summed E-state index contributed by atoms with van der Waals surface area (Å²) >= 11 is 2.03. The summed E-state index contributed by atoms with van der Waals surface area (Å²) in [4.78, 5) is 12.0. The second kappa shape index (κ2) is 9.45. The van der Waals surface area contributed by atoms with Gasteiger partial charge in [-0.15, -0.1) is 6.42 Å². The fourth-order valence-corrected chi connectivity index (χ4v) is 2.92. The van der Waals surface area contributed by atoms with E-state index < -0.39 is 17.6 Å². The van der Waals surface area contributed by atoms with Crippen LogP contribution in [0.1, 0.15) is 21.5 Å². The van der Waals surface area contributed by atoms with Crippen LogP contribution in [0.5, 0.6) is 11.5 Å². The molecule has 0 aliphatic heterocycles. The second-order valence-electron chi connectivity index (χ2n) is 5.30. The Bertz CT molecular complexity index is 937. The molecule has 0 aromatic heterocycles. The first-order chi connectivity index (χ1) is 13.3. The molecular weight excluding hydrogens is 488 g/mol. The first-order valence-corrected chi connectivity index (χ1v) is 8.78. The third-order valence-electron chi connectivity index (χ3n) is 3.38. The number of halogens is 4. The Morgan fingerprint density at radius 2 is 2.11 bits per heavy atom. The number of amides is 1. The van der Waals surface area contributed by atoms with Gasteiger partial charge >= 0.3 is 6.18 Å². The molecule has 0 atom stereocenters. The van der Waals surface area contributed by atoms with Gasteiger partial charge in [0.25, 0.3) is 5.91 Å². The minimum atomic E-state index is -4.53. The smallest absolute Gasteiger partial charge is 0.416 e. The number of hydrogen-bond acceptors (Lipinski definition) is 4. The number of nitrogens with one attached hydrogen (secondary N) is 1. The van der Waals surface area contributed by atoms with Crippen LogP contribution in [0.4, 0.5) is 13.2 Å². The Hall–Kier alpha value is -2.74. The van der Waals surface area contributed by atoms with Crippen molar-refractivity contribution < 1.29 is 27.4 Å². The maximum atomic E-state index is 12.7. The van der Waals surface area contributed by atoms with E-state index in [-0.39, 0.29) is 12.2 Å². The third kappa shape index (κ3) is 5.63. The van der Waals surface area contributed by atoms with Gasteiger partial charge in [-0.05, 0) is 58.5 Å². The van der Waals surface area contributed by atoms with Crippen LogP contribution in [-0.4, -0.2) is 25.8 Å². The van der Waals surface area contributed by atoms with Crippen LogP contribution < -0.4 is 14.9 Å². The standard InChI is InChI=1S/C19H14F3IN2O3/c1-3-7-28-17-15(23)8-12(9-16(17)27-2)11-24-25-18(26)13-5-4-6-14(10-13)19(20,21)22/h1,4-6,8-11H,7H2,2H3,(H,25,26)/b24-11-. The third-order valence-corrected chi connectivity index (χ3v) is 4.18. The molecule has 1 amide bonds. The van der Waals surface area contributed by atoms with Gasteiger partial charge < -0.3 is 9.47 Å². The summed E-state index contributed by atoms with van der Waals surface area (Å²) in [5, 5.41) is 3.78. The fourth-order valence-electron chi connectivity index (χ4n) is 2.13. The molecule has 0 saturated heterocycles. The zero-order chi connectivity index (χ0) is 20.7. The number of alkyl halides is 3. The number of rotatable bonds is 6. The van der Waals surface area contributed by atoms with E-state index in [0.29, 0.717) is 20.6 Å². The number of benzene rings is 2. The van der Waals surface area contributed by atoms with Crippen molar-refractivity contribution in [3.63, 3.8) is 0 Å². The number of methoxy groups -OCH3 is 1. The van der Waals surface area contributed by atoms with Crippen molar-refractivity contribution in [3.8, 4) is 23.8 Å². The van der Waals surface area contributed by atoms with Crippen LogP contribution in [0.15, 0.2) is 41.5 Å². The number of ether oxygens (including phenoxy) is 2. The average molecular weight is 502 g/mol. The van der Waals surface area contributed by atoms with Crippen LogP contribution in [0.2, 0.25) is 0 Å². The molecule has 0 saturated carbocycles. The van der Waals surface area contributed by atoms with Crippen LogP contribution in [0, 0.1) is 15.9 Å². The molecule has 9 heteroatoms. The van der Waals surface area contributed by atoms with Gasteiger partial charge in [-0.25, -0.2) is 5.43 Å². The molecule has 146 valence electrons. The lowest BCUT2D eigenvalue weighted by molar-refractivity contribution is -0.137. The van der Waals surface area contributed by atoms with E-state index in [1.807, 2.05) is 22.6 Å². The molecule has 2 aromatic carbocycles. The van der Waals surface area contributed by atoms with Crippen molar-refractivity contribution in [1.29, 1.82) is 0 Å². The van der Waals surface area contributed by atoms with Gasteiger partial charge in [0, 0.05) is 5.56 Å². The SMILES string of the molecule is C#CCOc1c(I)cc(/C=N\NC(=O)c2cccc(C(F)(F)F)c2)cc1OC. The van der Waals surface area contributed by atoms with E-state index in [1.165, 1.54) is 19.4 Å². The van der Waals surface area contributed by atoms with Crippen LogP contribution in [-0.2, 0) is 6.18 Å². The molecule has 5 nitrogen and oxygen atoms in total. The van der Waals surface area contributed by atoms with Gasteiger partial charge in [0.1, 0.15) is 6.61 Å². The van der Waals surface area contributed by atoms with E-state index in [2.05, 4.69) is 16.4 Å².